The molecule has 2 aliphatic rings. The molecule has 0 aliphatic heterocycles. The maximum absolute atomic E-state index is 13.1. The van der Waals surface area contributed by atoms with Gasteiger partial charge in [-0.1, -0.05) is 87.7 Å². The van der Waals surface area contributed by atoms with Crippen molar-refractivity contribution in [2.45, 2.75) is 185 Å². The number of amides is 5. The summed E-state index contributed by atoms with van der Waals surface area (Å²) in [4.78, 5) is 90.2. The molecule has 5 amide bonds. The van der Waals surface area contributed by atoms with Crippen molar-refractivity contribution in [2.24, 2.45) is 11.8 Å². The van der Waals surface area contributed by atoms with Crippen LogP contribution in [0.1, 0.15) is 136 Å². The van der Waals surface area contributed by atoms with Gasteiger partial charge in [-0.15, -0.1) is 0 Å². The fourth-order valence-electron chi connectivity index (χ4n) is 14.9. The number of benzene rings is 10. The van der Waals surface area contributed by atoms with Crippen molar-refractivity contribution >= 4 is 200 Å². The number of halogens is 4. The van der Waals surface area contributed by atoms with Crippen LogP contribution in [0, 0.1) is 15.4 Å². The van der Waals surface area contributed by atoms with E-state index in [4.69, 9.17) is 80.0 Å². The van der Waals surface area contributed by atoms with Crippen LogP contribution in [-0.4, -0.2) is 166 Å². The average Bonchev–Trinajstić information content (AvgIpc) is 1.60. The summed E-state index contributed by atoms with van der Waals surface area (Å²) >= 11 is 18.9. The Balaban J connectivity index is 0.000000170. The number of carbonyl (C=O) groups excluding carboxylic acids is 7. The number of alkyl halides is 1. The first kappa shape index (κ1) is 115. The number of hydrogen-bond donors (Lipinski definition) is 9. The molecular weight excluding hydrogens is 2120 g/mol. The monoisotopic (exact) mass is 2250 g/mol. The van der Waals surface area contributed by atoms with E-state index >= 15 is 0 Å². The van der Waals surface area contributed by atoms with E-state index in [1.165, 1.54) is 44.2 Å². The van der Waals surface area contributed by atoms with Gasteiger partial charge in [-0.05, 0) is 345 Å². The highest BCUT2D eigenvalue weighted by atomic mass is 127. The molecule has 9 N–H and O–H groups in total. The van der Waals surface area contributed by atoms with Crippen molar-refractivity contribution in [2.75, 3.05) is 67.5 Å². The molecule has 5 heterocycles. The summed E-state index contributed by atoms with van der Waals surface area (Å²) in [7, 11) is 6.27. The van der Waals surface area contributed by atoms with Gasteiger partial charge in [-0.25, -0.2) is 38.1 Å². The van der Waals surface area contributed by atoms with Gasteiger partial charge in [0.2, 0.25) is 0 Å². The van der Waals surface area contributed by atoms with Crippen LogP contribution in [0.5, 0.6) is 28.7 Å². The average molecular weight is 2250 g/mol. The minimum absolute atomic E-state index is 0.0486. The van der Waals surface area contributed by atoms with Crippen molar-refractivity contribution < 1.29 is 100 Å². The zero-order chi connectivity index (χ0) is 108. The minimum atomic E-state index is -1.78. The zero-order valence-corrected chi connectivity index (χ0v) is 92.6. The summed E-state index contributed by atoms with van der Waals surface area (Å²) in [5, 5.41) is 39.7. The Bertz CT molecular complexity index is 7090. The number of rotatable bonds is 23. The molecule has 2 fully saturated rings. The molecule has 0 bridgehead atoms. The van der Waals surface area contributed by atoms with Crippen LogP contribution in [0.25, 0.3) is 99.5 Å². The van der Waals surface area contributed by atoms with Crippen molar-refractivity contribution in [1.29, 1.82) is 0 Å². The van der Waals surface area contributed by atoms with Gasteiger partial charge >= 0.3 is 49.8 Å². The number of carbonyl (C=O) groups is 7. The lowest BCUT2D eigenvalue weighted by Gasteiger charge is -2.21. The predicted molar refractivity (Wildman–Crippen MR) is 605 cm³/mol. The van der Waals surface area contributed by atoms with Crippen LogP contribution in [0.4, 0.5) is 62.0 Å². The summed E-state index contributed by atoms with van der Waals surface area (Å²) < 4.78 is 68.8. The fourth-order valence-corrected chi connectivity index (χ4v) is 16.6. The second-order valence-corrected chi connectivity index (χ2v) is 40.9. The third-order valence-corrected chi connectivity index (χ3v) is 24.4. The van der Waals surface area contributed by atoms with E-state index < -0.39 is 61.0 Å². The zero-order valence-electron chi connectivity index (χ0n) is 87.3. The molecule has 0 atom stereocenters. The molecule has 36 heteroatoms. The van der Waals surface area contributed by atoms with Crippen LogP contribution < -0.4 is 55.9 Å². The number of aromatic amines is 2. The third-order valence-electron chi connectivity index (χ3n) is 22.0. The molecule has 31 nitrogen and oxygen atoms in total. The second kappa shape index (κ2) is 53.2. The smallest absolute Gasteiger partial charge is 0.497 e. The normalized spacial score (nSPS) is 12.0. The first-order valence-electron chi connectivity index (χ1n) is 48.5. The lowest BCUT2D eigenvalue weighted by Crippen LogP contribution is -2.41. The highest BCUT2D eigenvalue weighted by molar-refractivity contribution is 14.1. The van der Waals surface area contributed by atoms with Crippen molar-refractivity contribution in [1.82, 2.24) is 23.7 Å². The first-order valence-corrected chi connectivity index (χ1v) is 51.5. The highest BCUT2D eigenvalue weighted by Gasteiger charge is 2.31. The molecule has 5 aromatic heterocycles. The van der Waals surface area contributed by atoms with Gasteiger partial charge in [0.1, 0.15) is 39.9 Å². The molecule has 15 aromatic rings. The Morgan fingerprint density at radius 2 is 0.745 bits per heavy atom. The Labute approximate surface area is 899 Å². The number of anilines is 5. The number of H-pyrrole nitrogens is 2. The van der Waals surface area contributed by atoms with Gasteiger partial charge in [-0.2, -0.15) is 0 Å². The number of fused-ring (bicyclic) bond motifs is 5. The summed E-state index contributed by atoms with van der Waals surface area (Å²) in [5.74, 6) is 5.35. The van der Waals surface area contributed by atoms with E-state index in [2.05, 4.69) is 85.7 Å². The molecule has 17 rings (SSSR count). The van der Waals surface area contributed by atoms with Crippen molar-refractivity contribution in [3.05, 3.63) is 244 Å². The van der Waals surface area contributed by atoms with E-state index in [0.29, 0.717) is 67.3 Å². The maximum atomic E-state index is 13.1. The number of nitrogens with one attached hydrogen (secondary N) is 7. The molecule has 149 heavy (non-hydrogen) atoms. The summed E-state index contributed by atoms with van der Waals surface area (Å²) in [6.45, 7) is 29.7. The molecule has 0 radical (unpaired) electrons. The van der Waals surface area contributed by atoms with Gasteiger partial charge in [0.15, 0.2) is 0 Å². The SMILES string of the molecule is BrCC1CC1.CC(C)OC(=O)Nc1ccc(I)cc1.COc1ccc2c(Cl)c(-c3ccc(NC(=O)OC(C)C)cc3)[nH]c2c1.COc1ccc2c(Cl)c(-c3ccc(NC(=O)OC(C)C)cc3)n(CC3CC3)c2c1.COc1ccc2cc(-c3ccc(NC(=O)OC(C)C)cc3)[nH]c2c1.COc1ccc2cc(-c3ccc(NC(=O)OC(C)C)cc3)n(C(=O)OC(C)(C)C)c2c1.COc1ccc2cc(B(O)O)n(C(=O)OC(C)(C)C)c2c1. The van der Waals surface area contributed by atoms with Crippen molar-refractivity contribution in [3.8, 4) is 73.8 Å². The van der Waals surface area contributed by atoms with E-state index in [1.807, 2.05) is 232 Å². The number of aromatic nitrogens is 5. The number of nitrogens with zero attached hydrogens (tertiary/aromatic N) is 3. The summed E-state index contributed by atoms with van der Waals surface area (Å²) in [5.41, 5.74) is 13.5. The number of hydrogen-bond acceptors (Lipinski definition) is 21. The van der Waals surface area contributed by atoms with Gasteiger partial charge in [0.25, 0.3) is 0 Å². The quantitative estimate of drug-likeness (QED) is 0.0124. The molecule has 788 valence electrons. The predicted octanol–water partition coefficient (Wildman–Crippen LogP) is 28.8. The van der Waals surface area contributed by atoms with Gasteiger partial charge < -0.3 is 81.4 Å². The molecule has 10 aromatic carbocycles. The molecule has 2 saturated carbocycles. The standard InChI is InChI=1S/C24H28N2O5.C23H25ClN2O3.C19H19ClN2O3.C19H20N2O3.C14H18BNO5.C10H12INO2.C4H7Br/c1-15(2)30-22(27)25-18-10-7-16(8-11-18)20-13-17-9-12-19(29-6)14-21(17)26(20)23(28)31-24(3,4)5;1-14(2)29-23(27)25-17-8-6-16(7-9-17)22-21(24)19-11-10-18(28-3)12-20(19)26(22)13-15-4-5-15;1-11(2)25-19(23)21-13-6-4-12(5-7-13)18-17(20)15-9-8-14(24-3)10-16(15)22-18;1-12(2)24-19(22)20-15-7-4-13(5-8-15)17-10-14-6-9-16(23-3)11-18(14)21-17;1-14(2,3)21-13(17)16-11-8-10(20-4)6-5-9(11)7-12(16)15(18)19;1-7(2)14-10(13)12-9-5-3-8(11)4-6-9;5-3-4-1-2-4/h7-15H,1-6H3,(H,25,27);6-12,14-15H,4-5,13H2,1-3H3,(H,25,27);4-11,22H,1-3H3,(H,21,23);4-12,21H,1-3H3,(H,20,22);5-8,18-19H,1-4H3;3-7H,1-2H3,(H,12,13);4H,1-3H2. The number of ether oxygens (including phenoxy) is 12. The molecular formula is C113H129BBrCl2IN10O21. The van der Waals surface area contributed by atoms with Crippen LogP contribution in [0.15, 0.2) is 231 Å². The lowest BCUT2D eigenvalue weighted by atomic mass is 9.86. The maximum Gasteiger partial charge on any atom is 0.506 e. The summed E-state index contributed by atoms with van der Waals surface area (Å²) in [6, 6.07) is 71.2. The minimum Gasteiger partial charge on any atom is -0.497 e. The van der Waals surface area contributed by atoms with Crippen LogP contribution in [0.2, 0.25) is 10.0 Å². The Morgan fingerprint density at radius 1 is 0.396 bits per heavy atom. The van der Waals surface area contributed by atoms with E-state index in [-0.39, 0.29) is 36.1 Å². The molecule has 0 saturated heterocycles. The third kappa shape index (κ3) is 34.3. The van der Waals surface area contributed by atoms with E-state index in [1.54, 1.807) is 130 Å². The van der Waals surface area contributed by atoms with Crippen LogP contribution in [-0.2, 0) is 39.7 Å². The van der Waals surface area contributed by atoms with Crippen molar-refractivity contribution in [3.63, 3.8) is 0 Å². The molecule has 2 aliphatic carbocycles. The Hall–Kier alpha value is -14.0. The highest BCUT2D eigenvalue weighted by Crippen LogP contribution is 2.44. The molecule has 0 spiro atoms. The Kier molecular flexibility index (Phi) is 41.2. The summed E-state index contributed by atoms with van der Waals surface area (Å²) in [6.07, 6.45) is 1.19. The van der Waals surface area contributed by atoms with E-state index in [0.717, 1.165) is 126 Å². The fraction of sp³-hybridized carbons (Fsp3) is 0.319. The molecule has 0 unspecified atom stereocenters. The van der Waals surface area contributed by atoms with Gasteiger partial charge in [-0.3, -0.25) is 31.2 Å². The Morgan fingerprint density at radius 3 is 1.13 bits per heavy atom. The van der Waals surface area contributed by atoms with Crippen LogP contribution in [0.3, 0.4) is 0 Å². The van der Waals surface area contributed by atoms with E-state index in [9.17, 15) is 43.6 Å². The van der Waals surface area contributed by atoms with Gasteiger partial charge in [0, 0.05) is 112 Å². The second-order valence-electron chi connectivity index (χ2n) is 38.2. The lowest BCUT2D eigenvalue weighted by molar-refractivity contribution is 0.0536. The van der Waals surface area contributed by atoms with Gasteiger partial charge in [0.05, 0.1) is 121 Å². The number of methoxy groups -OCH3 is 5. The largest absolute Gasteiger partial charge is 0.506 e. The van der Waals surface area contributed by atoms with Crippen LogP contribution >= 0.6 is 61.7 Å². The first-order chi connectivity index (χ1) is 70.8. The topological polar surface area (TPSA) is 377 Å².